The van der Waals surface area contributed by atoms with E-state index in [-0.39, 0.29) is 19.0 Å². The molecule has 5 rings (SSSR count). The Morgan fingerprint density at radius 1 is 1.03 bits per heavy atom. The molecular formula is C22H21Cl2N5O2. The first-order valence-corrected chi connectivity index (χ1v) is 11.1. The highest BCUT2D eigenvalue weighted by atomic mass is 35.5. The van der Waals surface area contributed by atoms with Crippen LogP contribution in [0, 0.1) is 0 Å². The lowest BCUT2D eigenvalue weighted by Gasteiger charge is -2.28. The molecule has 1 aliphatic carbocycles. The Morgan fingerprint density at radius 2 is 1.81 bits per heavy atom. The van der Waals surface area contributed by atoms with E-state index in [1.165, 1.54) is 4.90 Å². The summed E-state index contributed by atoms with van der Waals surface area (Å²) in [5.74, 6) is 2.09. The Kier molecular flexibility index (Phi) is 5.32. The first-order valence-electron chi connectivity index (χ1n) is 10.3. The third kappa shape index (κ3) is 3.77. The average molecular weight is 458 g/mol. The molecule has 2 aromatic heterocycles. The van der Waals surface area contributed by atoms with Gasteiger partial charge in [0.05, 0.1) is 29.5 Å². The Labute approximate surface area is 189 Å². The van der Waals surface area contributed by atoms with Crippen molar-refractivity contribution in [2.45, 2.75) is 50.6 Å². The van der Waals surface area contributed by atoms with E-state index >= 15 is 0 Å². The van der Waals surface area contributed by atoms with Gasteiger partial charge in [-0.05, 0) is 61.6 Å². The second-order valence-corrected chi connectivity index (χ2v) is 8.98. The van der Waals surface area contributed by atoms with Gasteiger partial charge in [-0.15, -0.1) is 10.2 Å². The number of hydrogen-bond acceptors (Lipinski definition) is 4. The van der Waals surface area contributed by atoms with Gasteiger partial charge in [0.1, 0.15) is 5.82 Å². The van der Waals surface area contributed by atoms with Gasteiger partial charge in [0, 0.05) is 23.1 Å². The van der Waals surface area contributed by atoms with Crippen LogP contribution in [0.15, 0.2) is 36.5 Å². The molecule has 3 aromatic rings. The minimum Gasteiger partial charge on any atom is -0.465 e. The van der Waals surface area contributed by atoms with E-state index in [9.17, 15) is 9.90 Å². The number of nitrogens with zero attached hydrogens (tertiary/aromatic N) is 5. The lowest BCUT2D eigenvalue weighted by atomic mass is 9.80. The highest BCUT2D eigenvalue weighted by Crippen LogP contribution is 2.42. The summed E-state index contributed by atoms with van der Waals surface area (Å²) in [6.45, 7) is 0.451. The van der Waals surface area contributed by atoms with Gasteiger partial charge in [0.15, 0.2) is 5.82 Å². The summed E-state index contributed by atoms with van der Waals surface area (Å²) in [5.41, 5.74) is 2.72. The van der Waals surface area contributed by atoms with Crippen LogP contribution >= 0.6 is 23.2 Å². The fraction of sp³-hybridized carbons (Fsp3) is 0.364. The Hall–Kier alpha value is -2.64. The number of hydrogen-bond donors (Lipinski definition) is 1. The number of amides is 1. The molecule has 1 aliphatic heterocycles. The van der Waals surface area contributed by atoms with Gasteiger partial charge < -0.3 is 5.11 Å². The second kappa shape index (κ2) is 8.13. The standard InChI is InChI=1S/C22H21Cl2N5O2/c23-16-7-8-18-15(10-16)11-28(22(30)31)12-19-26-27-21(29(18)19)14-5-3-13(4-6-14)20-17(24)2-1-9-25-20/h1-2,7-10,13-14H,3-6,11-12H2,(H,30,31)/t13-,14-. The van der Waals surface area contributed by atoms with Gasteiger partial charge in [-0.3, -0.25) is 14.5 Å². The molecule has 31 heavy (non-hydrogen) atoms. The van der Waals surface area contributed by atoms with E-state index in [4.69, 9.17) is 23.2 Å². The smallest absolute Gasteiger partial charge is 0.408 e. The van der Waals surface area contributed by atoms with Crippen molar-refractivity contribution in [3.63, 3.8) is 0 Å². The summed E-state index contributed by atoms with van der Waals surface area (Å²) >= 11 is 12.6. The zero-order valence-corrected chi connectivity index (χ0v) is 18.2. The molecule has 1 fully saturated rings. The van der Waals surface area contributed by atoms with Gasteiger partial charge in [-0.1, -0.05) is 23.2 Å². The molecule has 1 aromatic carbocycles. The maximum absolute atomic E-state index is 11.7. The van der Waals surface area contributed by atoms with Crippen LogP contribution in [0.25, 0.3) is 5.69 Å². The Balaban J connectivity index is 1.47. The molecule has 0 unspecified atom stereocenters. The highest BCUT2D eigenvalue weighted by Gasteiger charge is 2.32. The molecule has 1 N–H and O–H groups in total. The first kappa shape index (κ1) is 20.3. The van der Waals surface area contributed by atoms with Crippen molar-refractivity contribution in [3.8, 4) is 5.69 Å². The number of pyridine rings is 1. The lowest BCUT2D eigenvalue weighted by molar-refractivity contribution is 0.139. The number of carbonyl (C=O) groups is 1. The fourth-order valence-electron chi connectivity index (χ4n) is 4.75. The predicted molar refractivity (Wildman–Crippen MR) is 117 cm³/mol. The maximum atomic E-state index is 11.7. The zero-order chi connectivity index (χ0) is 21.5. The molecular weight excluding hydrogens is 437 g/mol. The van der Waals surface area contributed by atoms with E-state index in [1.807, 2.05) is 34.9 Å². The number of carboxylic acid groups (broad SMARTS) is 1. The van der Waals surface area contributed by atoms with Crippen LogP contribution in [-0.4, -0.2) is 35.8 Å². The summed E-state index contributed by atoms with van der Waals surface area (Å²) in [5, 5.41) is 19.8. The van der Waals surface area contributed by atoms with Crippen LogP contribution in [0.1, 0.15) is 60.4 Å². The zero-order valence-electron chi connectivity index (χ0n) is 16.7. The summed E-state index contributed by atoms with van der Waals surface area (Å²) in [4.78, 5) is 17.6. The predicted octanol–water partition coefficient (Wildman–Crippen LogP) is 5.40. The Bertz CT molecular complexity index is 1140. The number of aromatic nitrogens is 4. The van der Waals surface area contributed by atoms with E-state index in [0.717, 1.165) is 53.5 Å². The monoisotopic (exact) mass is 457 g/mol. The molecule has 0 atom stereocenters. The largest absolute Gasteiger partial charge is 0.465 e. The molecule has 2 aliphatic rings. The van der Waals surface area contributed by atoms with Crippen molar-refractivity contribution in [1.82, 2.24) is 24.6 Å². The van der Waals surface area contributed by atoms with Crippen LogP contribution in [-0.2, 0) is 13.1 Å². The third-order valence-corrected chi connectivity index (χ3v) is 6.82. The van der Waals surface area contributed by atoms with Crippen LogP contribution in [0.5, 0.6) is 0 Å². The molecule has 3 heterocycles. The van der Waals surface area contributed by atoms with E-state index in [2.05, 4.69) is 15.2 Å². The minimum atomic E-state index is -0.989. The van der Waals surface area contributed by atoms with Gasteiger partial charge in [0.2, 0.25) is 0 Å². The van der Waals surface area contributed by atoms with Gasteiger partial charge >= 0.3 is 6.09 Å². The van der Waals surface area contributed by atoms with Crippen molar-refractivity contribution in [3.05, 3.63) is 69.5 Å². The normalized spacial score (nSPS) is 20.6. The average Bonchev–Trinajstić information content (AvgIpc) is 3.10. The minimum absolute atomic E-state index is 0.188. The molecule has 160 valence electrons. The van der Waals surface area contributed by atoms with Crippen LogP contribution in [0.3, 0.4) is 0 Å². The molecule has 0 radical (unpaired) electrons. The summed E-state index contributed by atoms with van der Waals surface area (Å²) in [7, 11) is 0. The number of halogens is 2. The number of rotatable bonds is 2. The molecule has 0 spiro atoms. The molecule has 1 saturated carbocycles. The summed E-state index contributed by atoms with van der Waals surface area (Å²) < 4.78 is 2.04. The molecule has 9 heteroatoms. The van der Waals surface area contributed by atoms with Crippen molar-refractivity contribution in [1.29, 1.82) is 0 Å². The topological polar surface area (TPSA) is 84.1 Å². The quantitative estimate of drug-likeness (QED) is 0.556. The molecule has 0 saturated heterocycles. The van der Waals surface area contributed by atoms with E-state index in [0.29, 0.717) is 16.8 Å². The summed E-state index contributed by atoms with van der Waals surface area (Å²) in [6.07, 6.45) is 4.64. The van der Waals surface area contributed by atoms with Crippen LogP contribution in [0.2, 0.25) is 10.0 Å². The SMILES string of the molecule is O=C(O)N1Cc2cc(Cl)ccc2-n2c(nnc2[C@H]2CC[C@H](c3ncccc3Cl)CC2)C1. The van der Waals surface area contributed by atoms with E-state index in [1.54, 1.807) is 6.20 Å². The van der Waals surface area contributed by atoms with Crippen molar-refractivity contribution < 1.29 is 9.90 Å². The van der Waals surface area contributed by atoms with Gasteiger partial charge in [0.25, 0.3) is 0 Å². The number of fused-ring (bicyclic) bond motifs is 3. The number of benzene rings is 1. The highest BCUT2D eigenvalue weighted by molar-refractivity contribution is 6.31. The fourth-order valence-corrected chi connectivity index (χ4v) is 5.22. The van der Waals surface area contributed by atoms with Crippen LogP contribution < -0.4 is 0 Å². The molecule has 7 nitrogen and oxygen atoms in total. The molecule has 1 amide bonds. The van der Waals surface area contributed by atoms with Crippen molar-refractivity contribution in [2.75, 3.05) is 0 Å². The maximum Gasteiger partial charge on any atom is 0.408 e. The second-order valence-electron chi connectivity index (χ2n) is 8.14. The van der Waals surface area contributed by atoms with Crippen LogP contribution in [0.4, 0.5) is 4.79 Å². The lowest BCUT2D eigenvalue weighted by Crippen LogP contribution is -2.27. The Morgan fingerprint density at radius 3 is 2.55 bits per heavy atom. The van der Waals surface area contributed by atoms with Gasteiger partial charge in [-0.2, -0.15) is 0 Å². The van der Waals surface area contributed by atoms with Crippen molar-refractivity contribution in [2.24, 2.45) is 0 Å². The summed E-state index contributed by atoms with van der Waals surface area (Å²) in [6, 6.07) is 9.33. The third-order valence-electron chi connectivity index (χ3n) is 6.27. The molecule has 0 bridgehead atoms. The van der Waals surface area contributed by atoms with Gasteiger partial charge in [-0.25, -0.2) is 4.79 Å². The van der Waals surface area contributed by atoms with E-state index < -0.39 is 6.09 Å². The first-order chi connectivity index (χ1) is 15.0. The van der Waals surface area contributed by atoms with Crippen molar-refractivity contribution >= 4 is 29.3 Å².